The van der Waals surface area contributed by atoms with Gasteiger partial charge in [0.15, 0.2) is 17.5 Å². The topological polar surface area (TPSA) is 75.7 Å². The predicted molar refractivity (Wildman–Crippen MR) is 85.0 cm³/mol. The van der Waals surface area contributed by atoms with Crippen LogP contribution in [0.25, 0.3) is 0 Å². The smallest absolute Gasteiger partial charge is 0.225 e. The molecule has 1 saturated heterocycles. The SMILES string of the molecule is CS(=O)(=O)N(CCC(=O)Nc1ccc(F)c(F)c1F)CC1CCCO1. The lowest BCUT2D eigenvalue weighted by atomic mass is 10.2. The fraction of sp³-hybridized carbons (Fsp3) is 0.533. The highest BCUT2D eigenvalue weighted by Crippen LogP contribution is 2.20. The third-order valence-corrected chi connectivity index (χ3v) is 5.07. The largest absolute Gasteiger partial charge is 0.377 e. The molecule has 25 heavy (non-hydrogen) atoms. The molecule has 0 aromatic heterocycles. The minimum absolute atomic E-state index is 0.129. The van der Waals surface area contributed by atoms with Gasteiger partial charge in [0, 0.05) is 26.1 Å². The molecular formula is C15H19F3N2O4S. The lowest BCUT2D eigenvalue weighted by molar-refractivity contribution is -0.116. The van der Waals surface area contributed by atoms with Gasteiger partial charge in [0.1, 0.15) is 0 Å². The van der Waals surface area contributed by atoms with E-state index in [1.807, 2.05) is 0 Å². The number of ether oxygens (including phenoxy) is 1. The first-order valence-corrected chi connectivity index (χ1v) is 9.53. The summed E-state index contributed by atoms with van der Waals surface area (Å²) in [5.74, 6) is -5.28. The van der Waals surface area contributed by atoms with Gasteiger partial charge in [0.2, 0.25) is 15.9 Å². The van der Waals surface area contributed by atoms with Crippen molar-refractivity contribution >= 4 is 21.6 Å². The second-order valence-electron chi connectivity index (χ2n) is 5.78. The van der Waals surface area contributed by atoms with Crippen molar-refractivity contribution < 1.29 is 31.1 Å². The summed E-state index contributed by atoms with van der Waals surface area (Å²) < 4.78 is 69.7. The Kier molecular flexibility index (Phi) is 6.42. The molecule has 1 fully saturated rings. The Labute approximate surface area is 144 Å². The molecule has 6 nitrogen and oxygen atoms in total. The molecule has 1 atom stereocenters. The zero-order valence-corrected chi connectivity index (χ0v) is 14.4. The second-order valence-corrected chi connectivity index (χ2v) is 7.76. The Morgan fingerprint density at radius 2 is 2.04 bits per heavy atom. The molecule has 10 heteroatoms. The van der Waals surface area contributed by atoms with E-state index >= 15 is 0 Å². The number of hydrogen-bond acceptors (Lipinski definition) is 4. The first-order chi connectivity index (χ1) is 11.7. The lowest BCUT2D eigenvalue weighted by Crippen LogP contribution is -2.38. The van der Waals surface area contributed by atoms with Crippen LogP contribution in [-0.2, 0) is 19.6 Å². The van der Waals surface area contributed by atoms with E-state index in [1.54, 1.807) is 0 Å². The normalized spacial score (nSPS) is 17.9. The van der Waals surface area contributed by atoms with Gasteiger partial charge in [-0.25, -0.2) is 21.6 Å². The van der Waals surface area contributed by atoms with Gasteiger partial charge in [0.25, 0.3) is 0 Å². The van der Waals surface area contributed by atoms with Crippen molar-refractivity contribution in [1.82, 2.24) is 4.31 Å². The van der Waals surface area contributed by atoms with Crippen LogP contribution in [0.5, 0.6) is 0 Å². The average molecular weight is 380 g/mol. The third-order valence-electron chi connectivity index (χ3n) is 3.80. The van der Waals surface area contributed by atoms with E-state index in [9.17, 15) is 26.4 Å². The number of anilines is 1. The number of amides is 1. The van der Waals surface area contributed by atoms with Gasteiger partial charge in [-0.1, -0.05) is 0 Å². The van der Waals surface area contributed by atoms with Crippen LogP contribution >= 0.6 is 0 Å². The van der Waals surface area contributed by atoms with E-state index in [0.717, 1.165) is 29.5 Å². The minimum atomic E-state index is -3.55. The standard InChI is InChI=1S/C15H19F3N2O4S/c1-25(22,23)20(9-10-3-2-8-24-10)7-6-13(21)19-12-5-4-11(16)14(17)15(12)18/h4-5,10H,2-3,6-9H2,1H3,(H,19,21). The van der Waals surface area contributed by atoms with Crippen molar-refractivity contribution in [3.63, 3.8) is 0 Å². The van der Waals surface area contributed by atoms with E-state index in [1.165, 1.54) is 0 Å². The molecule has 0 spiro atoms. The maximum atomic E-state index is 13.5. The monoisotopic (exact) mass is 380 g/mol. The van der Waals surface area contributed by atoms with Crippen LogP contribution in [0.2, 0.25) is 0 Å². The van der Waals surface area contributed by atoms with Crippen LogP contribution in [0.15, 0.2) is 12.1 Å². The summed E-state index contributed by atoms with van der Waals surface area (Å²) in [6.07, 6.45) is 2.12. The maximum Gasteiger partial charge on any atom is 0.225 e. The number of carbonyl (C=O) groups excluding carboxylic acids is 1. The number of rotatable bonds is 7. The summed E-state index contributed by atoms with van der Waals surface area (Å²) in [4.78, 5) is 11.9. The first kappa shape index (κ1) is 19.7. The quantitative estimate of drug-likeness (QED) is 0.733. The molecular weight excluding hydrogens is 361 g/mol. The zero-order valence-electron chi connectivity index (χ0n) is 13.6. The fourth-order valence-corrected chi connectivity index (χ4v) is 3.33. The van der Waals surface area contributed by atoms with Crippen molar-refractivity contribution in [1.29, 1.82) is 0 Å². The molecule has 1 amide bonds. The Balaban J connectivity index is 1.95. The van der Waals surface area contributed by atoms with Gasteiger partial charge in [-0.15, -0.1) is 0 Å². The number of nitrogens with zero attached hydrogens (tertiary/aromatic N) is 1. The summed E-state index contributed by atoms with van der Waals surface area (Å²) in [7, 11) is -3.55. The van der Waals surface area contributed by atoms with Crippen LogP contribution in [0, 0.1) is 17.5 Å². The number of sulfonamides is 1. The summed E-state index contributed by atoms with van der Waals surface area (Å²) in [6.45, 7) is 0.569. The number of halogens is 3. The van der Waals surface area contributed by atoms with Gasteiger partial charge >= 0.3 is 0 Å². The number of nitrogens with one attached hydrogen (secondary N) is 1. The summed E-state index contributed by atoms with van der Waals surface area (Å²) >= 11 is 0. The van der Waals surface area contributed by atoms with Crippen molar-refractivity contribution in [2.24, 2.45) is 0 Å². The Morgan fingerprint density at radius 1 is 1.32 bits per heavy atom. The zero-order chi connectivity index (χ0) is 18.6. The van der Waals surface area contributed by atoms with Crippen LogP contribution in [0.3, 0.4) is 0 Å². The van der Waals surface area contributed by atoms with E-state index < -0.39 is 39.1 Å². The van der Waals surface area contributed by atoms with Crippen molar-refractivity contribution in [3.8, 4) is 0 Å². The molecule has 1 heterocycles. The molecule has 1 aromatic rings. The summed E-state index contributed by atoms with van der Waals surface area (Å²) in [6, 6.07) is 1.58. The Hall–Kier alpha value is -1.65. The van der Waals surface area contributed by atoms with Gasteiger partial charge in [0.05, 0.1) is 18.0 Å². The van der Waals surface area contributed by atoms with Crippen molar-refractivity contribution in [2.45, 2.75) is 25.4 Å². The molecule has 1 unspecified atom stereocenters. The summed E-state index contributed by atoms with van der Waals surface area (Å²) in [5, 5.41) is 2.11. The third kappa shape index (κ3) is 5.41. The molecule has 0 bridgehead atoms. The van der Waals surface area contributed by atoms with Crippen LogP contribution < -0.4 is 5.32 Å². The molecule has 1 N–H and O–H groups in total. The highest BCUT2D eigenvalue weighted by molar-refractivity contribution is 7.88. The van der Waals surface area contributed by atoms with Crippen LogP contribution in [0.1, 0.15) is 19.3 Å². The lowest BCUT2D eigenvalue weighted by Gasteiger charge is -2.22. The second kappa shape index (κ2) is 8.15. The fourth-order valence-electron chi connectivity index (χ4n) is 2.47. The molecule has 1 aliphatic heterocycles. The van der Waals surface area contributed by atoms with Gasteiger partial charge in [-0.3, -0.25) is 4.79 Å². The molecule has 2 rings (SSSR count). The highest BCUT2D eigenvalue weighted by atomic mass is 32.2. The number of hydrogen-bond donors (Lipinski definition) is 1. The van der Waals surface area contributed by atoms with Crippen molar-refractivity contribution in [2.75, 3.05) is 31.3 Å². The number of carbonyl (C=O) groups is 1. The number of benzene rings is 1. The van der Waals surface area contributed by atoms with E-state index in [0.29, 0.717) is 12.7 Å². The van der Waals surface area contributed by atoms with Gasteiger partial charge in [-0.05, 0) is 25.0 Å². The molecule has 0 aliphatic carbocycles. The van der Waals surface area contributed by atoms with E-state index in [4.69, 9.17) is 4.74 Å². The minimum Gasteiger partial charge on any atom is -0.377 e. The molecule has 140 valence electrons. The van der Waals surface area contributed by atoms with E-state index in [-0.39, 0.29) is 25.6 Å². The van der Waals surface area contributed by atoms with Gasteiger partial charge in [-0.2, -0.15) is 4.31 Å². The predicted octanol–water partition coefficient (Wildman–Crippen LogP) is 1.87. The van der Waals surface area contributed by atoms with Gasteiger partial charge < -0.3 is 10.1 Å². The first-order valence-electron chi connectivity index (χ1n) is 7.68. The molecule has 1 aromatic carbocycles. The molecule has 0 radical (unpaired) electrons. The Morgan fingerprint density at radius 3 is 2.64 bits per heavy atom. The van der Waals surface area contributed by atoms with Crippen molar-refractivity contribution in [3.05, 3.63) is 29.6 Å². The molecule has 1 aliphatic rings. The Bertz CT molecular complexity index is 737. The highest BCUT2D eigenvalue weighted by Gasteiger charge is 2.25. The average Bonchev–Trinajstić information content (AvgIpc) is 3.04. The van der Waals surface area contributed by atoms with E-state index in [2.05, 4.69) is 5.32 Å². The van der Waals surface area contributed by atoms with Crippen LogP contribution in [-0.4, -0.2) is 50.7 Å². The van der Waals surface area contributed by atoms with Crippen LogP contribution in [0.4, 0.5) is 18.9 Å². The maximum absolute atomic E-state index is 13.5. The molecule has 0 saturated carbocycles. The summed E-state index contributed by atoms with van der Waals surface area (Å²) in [5.41, 5.74) is -0.506.